The Morgan fingerprint density at radius 1 is 1.09 bits per heavy atom. The van der Waals surface area contributed by atoms with Crippen LogP contribution in [0.4, 0.5) is 0 Å². The molecule has 132 valence electrons. The van der Waals surface area contributed by atoms with Gasteiger partial charge in [0.05, 0.1) is 7.11 Å². The number of nitrogens with one attached hydrogen (secondary N) is 2. The summed E-state index contributed by atoms with van der Waals surface area (Å²) in [6.07, 6.45) is 0.763. The molecule has 0 heterocycles. The summed E-state index contributed by atoms with van der Waals surface area (Å²) >= 11 is 0. The van der Waals surface area contributed by atoms with Gasteiger partial charge in [0.1, 0.15) is 5.75 Å². The van der Waals surface area contributed by atoms with Crippen LogP contribution in [0.5, 0.6) is 5.75 Å². The van der Waals surface area contributed by atoms with Crippen LogP contribution in [0, 0.1) is 0 Å². The van der Waals surface area contributed by atoms with Crippen molar-refractivity contribution in [2.45, 2.75) is 33.2 Å². The molecule has 0 amide bonds. The van der Waals surface area contributed by atoms with Crippen molar-refractivity contribution in [3.05, 3.63) is 29.8 Å². The summed E-state index contributed by atoms with van der Waals surface area (Å²) in [6.45, 7) is 8.53. The molecule has 0 aromatic heterocycles. The molecule has 0 spiro atoms. The highest BCUT2D eigenvalue weighted by Gasteiger charge is 2.20. The van der Waals surface area contributed by atoms with Crippen LogP contribution in [-0.4, -0.2) is 46.6 Å². The van der Waals surface area contributed by atoms with E-state index in [1.54, 1.807) is 7.11 Å². The average Bonchev–Trinajstić information content (AvgIpc) is 2.57. The Morgan fingerprint density at radius 3 is 2.17 bits per heavy atom. The Bertz CT molecular complexity index is 542. The fourth-order valence-electron chi connectivity index (χ4n) is 2.42. The van der Waals surface area contributed by atoms with Gasteiger partial charge in [-0.15, -0.1) is 0 Å². The van der Waals surface area contributed by atoms with E-state index in [9.17, 15) is 8.42 Å². The molecule has 1 rings (SSSR count). The smallest absolute Gasteiger partial charge is 0.276 e. The van der Waals surface area contributed by atoms with E-state index in [-0.39, 0.29) is 6.04 Å². The third-order valence-corrected chi connectivity index (χ3v) is 4.89. The lowest BCUT2D eigenvalue weighted by molar-refractivity contribution is 0.219. The zero-order valence-corrected chi connectivity index (χ0v) is 15.3. The van der Waals surface area contributed by atoms with Crippen molar-refractivity contribution in [1.82, 2.24) is 14.3 Å². The van der Waals surface area contributed by atoms with Crippen molar-refractivity contribution in [3.8, 4) is 5.75 Å². The van der Waals surface area contributed by atoms with Gasteiger partial charge >= 0.3 is 0 Å². The number of hydrogen-bond donors (Lipinski definition) is 2. The Morgan fingerprint density at radius 2 is 1.70 bits per heavy atom. The molecule has 7 heteroatoms. The van der Waals surface area contributed by atoms with Crippen LogP contribution in [-0.2, 0) is 10.2 Å². The van der Waals surface area contributed by atoms with Crippen LogP contribution in [0.2, 0.25) is 0 Å². The van der Waals surface area contributed by atoms with Gasteiger partial charge in [-0.25, -0.2) is 9.44 Å². The molecule has 0 saturated carbocycles. The Labute approximate surface area is 140 Å². The highest BCUT2D eigenvalue weighted by molar-refractivity contribution is 7.87. The quantitative estimate of drug-likeness (QED) is 0.644. The SMILES string of the molecule is CCCNS(=O)(=O)NCC(c1ccc(OC)cc1)N(CC)CC. The molecular formula is C16H29N3O3S. The summed E-state index contributed by atoms with van der Waals surface area (Å²) in [4.78, 5) is 2.23. The van der Waals surface area contributed by atoms with Crippen LogP contribution in [0.15, 0.2) is 24.3 Å². The monoisotopic (exact) mass is 343 g/mol. The fourth-order valence-corrected chi connectivity index (χ4v) is 3.38. The lowest BCUT2D eigenvalue weighted by Gasteiger charge is -2.30. The number of likely N-dealkylation sites (N-methyl/N-ethyl adjacent to an activating group) is 1. The van der Waals surface area contributed by atoms with E-state index in [1.165, 1.54) is 0 Å². The maximum absolute atomic E-state index is 12.0. The standard InChI is InChI=1S/C16H29N3O3S/c1-5-12-17-23(20,21)18-13-16(19(6-2)7-3)14-8-10-15(22-4)11-9-14/h8-11,16-18H,5-7,12-13H2,1-4H3. The predicted octanol–water partition coefficient (Wildman–Crippen LogP) is 1.91. The van der Waals surface area contributed by atoms with E-state index in [1.807, 2.05) is 31.2 Å². The largest absolute Gasteiger partial charge is 0.497 e. The molecule has 23 heavy (non-hydrogen) atoms. The topological polar surface area (TPSA) is 70.7 Å². The highest BCUT2D eigenvalue weighted by atomic mass is 32.2. The zero-order valence-electron chi connectivity index (χ0n) is 14.5. The normalized spacial score (nSPS) is 13.3. The molecule has 1 aromatic rings. The van der Waals surface area contributed by atoms with Crippen molar-refractivity contribution in [1.29, 1.82) is 0 Å². The van der Waals surface area contributed by atoms with Crippen molar-refractivity contribution >= 4 is 10.2 Å². The molecule has 1 atom stereocenters. The minimum absolute atomic E-state index is 0.0193. The van der Waals surface area contributed by atoms with E-state index >= 15 is 0 Å². The molecule has 0 bridgehead atoms. The molecular weight excluding hydrogens is 314 g/mol. The van der Waals surface area contributed by atoms with Gasteiger partial charge in [-0.3, -0.25) is 4.90 Å². The minimum atomic E-state index is -3.46. The van der Waals surface area contributed by atoms with Gasteiger partial charge in [0, 0.05) is 19.1 Å². The number of hydrogen-bond acceptors (Lipinski definition) is 4. The summed E-state index contributed by atoms with van der Waals surface area (Å²) in [7, 11) is -1.83. The first-order chi connectivity index (χ1) is 11.0. The number of ether oxygens (including phenoxy) is 1. The van der Waals surface area contributed by atoms with Gasteiger partial charge in [0.2, 0.25) is 0 Å². The summed E-state index contributed by atoms with van der Waals surface area (Å²) in [5.41, 5.74) is 1.06. The molecule has 6 nitrogen and oxygen atoms in total. The molecule has 0 fully saturated rings. The van der Waals surface area contributed by atoms with Gasteiger partial charge in [0.15, 0.2) is 0 Å². The van der Waals surface area contributed by atoms with E-state index in [0.29, 0.717) is 13.1 Å². The number of nitrogens with zero attached hydrogens (tertiary/aromatic N) is 1. The first-order valence-electron chi connectivity index (χ1n) is 8.09. The van der Waals surface area contributed by atoms with Gasteiger partial charge in [-0.2, -0.15) is 8.42 Å². The minimum Gasteiger partial charge on any atom is -0.497 e. The lowest BCUT2D eigenvalue weighted by atomic mass is 10.1. The second-order valence-corrected chi connectivity index (χ2v) is 6.84. The second kappa shape index (κ2) is 9.87. The van der Waals surface area contributed by atoms with Crippen molar-refractivity contribution in [2.24, 2.45) is 0 Å². The van der Waals surface area contributed by atoms with E-state index in [2.05, 4.69) is 28.2 Å². The van der Waals surface area contributed by atoms with Crippen LogP contribution in [0.25, 0.3) is 0 Å². The Hall–Kier alpha value is -1.15. The highest BCUT2D eigenvalue weighted by Crippen LogP contribution is 2.22. The third-order valence-electron chi connectivity index (χ3n) is 3.76. The maximum atomic E-state index is 12.0. The van der Waals surface area contributed by atoms with Crippen LogP contribution in [0.1, 0.15) is 38.8 Å². The fraction of sp³-hybridized carbons (Fsp3) is 0.625. The Kier molecular flexibility index (Phi) is 8.54. The van der Waals surface area contributed by atoms with Gasteiger partial charge in [-0.05, 0) is 37.2 Å². The van der Waals surface area contributed by atoms with E-state index in [0.717, 1.165) is 30.8 Å². The van der Waals surface area contributed by atoms with E-state index in [4.69, 9.17) is 4.74 Å². The third kappa shape index (κ3) is 6.47. The summed E-state index contributed by atoms with van der Waals surface area (Å²) in [5.74, 6) is 0.789. The summed E-state index contributed by atoms with van der Waals surface area (Å²) in [5, 5.41) is 0. The summed E-state index contributed by atoms with van der Waals surface area (Å²) in [6, 6.07) is 7.74. The van der Waals surface area contributed by atoms with Crippen LogP contribution in [0.3, 0.4) is 0 Å². The molecule has 0 aliphatic carbocycles. The second-order valence-electron chi connectivity index (χ2n) is 5.26. The molecule has 0 radical (unpaired) electrons. The lowest BCUT2D eigenvalue weighted by Crippen LogP contribution is -2.42. The zero-order chi connectivity index (χ0) is 17.3. The number of rotatable bonds is 11. The number of benzene rings is 1. The Balaban J connectivity index is 2.88. The average molecular weight is 343 g/mol. The predicted molar refractivity (Wildman–Crippen MR) is 93.9 cm³/mol. The van der Waals surface area contributed by atoms with Crippen molar-refractivity contribution < 1.29 is 13.2 Å². The molecule has 1 unspecified atom stereocenters. The van der Waals surface area contributed by atoms with Gasteiger partial charge < -0.3 is 4.74 Å². The van der Waals surface area contributed by atoms with Crippen molar-refractivity contribution in [3.63, 3.8) is 0 Å². The van der Waals surface area contributed by atoms with E-state index < -0.39 is 10.2 Å². The molecule has 1 aromatic carbocycles. The maximum Gasteiger partial charge on any atom is 0.276 e. The van der Waals surface area contributed by atoms with Gasteiger partial charge in [-0.1, -0.05) is 32.9 Å². The summed E-state index contributed by atoms with van der Waals surface area (Å²) < 4.78 is 34.3. The molecule has 0 saturated heterocycles. The van der Waals surface area contributed by atoms with Crippen molar-refractivity contribution in [2.75, 3.05) is 33.3 Å². The first-order valence-corrected chi connectivity index (χ1v) is 9.57. The molecule has 0 aliphatic rings. The van der Waals surface area contributed by atoms with Crippen LogP contribution >= 0.6 is 0 Å². The van der Waals surface area contributed by atoms with Crippen LogP contribution < -0.4 is 14.2 Å². The van der Waals surface area contributed by atoms with Gasteiger partial charge in [0.25, 0.3) is 10.2 Å². The first kappa shape index (κ1) is 19.9. The molecule has 2 N–H and O–H groups in total. The number of methoxy groups -OCH3 is 1. The molecule has 0 aliphatic heterocycles.